The van der Waals surface area contributed by atoms with Crippen molar-refractivity contribution >= 4 is 21.6 Å². The van der Waals surface area contributed by atoms with Gasteiger partial charge >= 0.3 is 0 Å². The predicted octanol–water partition coefficient (Wildman–Crippen LogP) is 3.18. The Hall–Kier alpha value is -3.33. The Balaban J connectivity index is 1.70. The van der Waals surface area contributed by atoms with Crippen molar-refractivity contribution in [2.45, 2.75) is 12.5 Å². The van der Waals surface area contributed by atoms with E-state index in [1.165, 1.54) is 14.2 Å². The van der Waals surface area contributed by atoms with Gasteiger partial charge in [-0.05, 0) is 18.6 Å². The second-order valence-corrected chi connectivity index (χ2v) is 9.57. The molecule has 1 aromatic heterocycles. The number of anilines is 1. The Morgan fingerprint density at radius 3 is 2.32 bits per heavy atom. The summed E-state index contributed by atoms with van der Waals surface area (Å²) in [7, 11) is -0.0968. The van der Waals surface area contributed by atoms with Gasteiger partial charge in [-0.15, -0.1) is 0 Å². The first-order chi connectivity index (χ1) is 14.9. The van der Waals surface area contributed by atoms with Crippen LogP contribution in [0.25, 0.3) is 11.3 Å². The van der Waals surface area contributed by atoms with Crippen molar-refractivity contribution in [3.8, 4) is 22.8 Å². The molecule has 0 unspecified atom stereocenters. The maximum Gasteiger partial charge on any atom is 0.257 e. The Morgan fingerprint density at radius 2 is 1.74 bits per heavy atom. The van der Waals surface area contributed by atoms with E-state index in [2.05, 4.69) is 10.4 Å². The molecule has 0 radical (unpaired) electrons. The summed E-state index contributed by atoms with van der Waals surface area (Å²) in [6, 6.07) is 15.8. The van der Waals surface area contributed by atoms with Gasteiger partial charge < -0.3 is 14.8 Å². The highest BCUT2D eigenvalue weighted by molar-refractivity contribution is 7.91. The summed E-state index contributed by atoms with van der Waals surface area (Å²) in [6.45, 7) is 0. The van der Waals surface area contributed by atoms with Crippen molar-refractivity contribution in [1.82, 2.24) is 9.78 Å². The molecule has 1 aliphatic heterocycles. The van der Waals surface area contributed by atoms with Crippen LogP contribution in [-0.2, 0) is 9.84 Å². The molecule has 0 bridgehead atoms. The molecule has 4 rings (SSSR count). The lowest BCUT2D eigenvalue weighted by atomic mass is 10.1. The molecular weight excluding hydrogens is 418 g/mol. The second kappa shape index (κ2) is 8.43. The van der Waals surface area contributed by atoms with Crippen LogP contribution in [0.15, 0.2) is 54.6 Å². The van der Waals surface area contributed by atoms with Crippen LogP contribution < -0.4 is 14.8 Å². The van der Waals surface area contributed by atoms with Gasteiger partial charge in [0, 0.05) is 23.3 Å². The van der Waals surface area contributed by atoms with E-state index in [4.69, 9.17) is 9.47 Å². The summed E-state index contributed by atoms with van der Waals surface area (Å²) in [6.07, 6.45) is 0.452. The van der Waals surface area contributed by atoms with Gasteiger partial charge in [-0.3, -0.25) is 4.79 Å². The second-order valence-electron chi connectivity index (χ2n) is 7.34. The number of carbonyl (C=O) groups excluding carboxylic acids is 1. The maximum absolute atomic E-state index is 13.0. The summed E-state index contributed by atoms with van der Waals surface area (Å²) in [5, 5.41) is 7.51. The van der Waals surface area contributed by atoms with Crippen LogP contribution in [-0.4, -0.2) is 49.8 Å². The first kappa shape index (κ1) is 20.9. The van der Waals surface area contributed by atoms with E-state index in [9.17, 15) is 13.2 Å². The number of nitrogens with zero attached hydrogens (tertiary/aromatic N) is 2. The van der Waals surface area contributed by atoms with Crippen LogP contribution in [0.3, 0.4) is 0 Å². The third-order valence-electron chi connectivity index (χ3n) is 5.21. The molecule has 2 aromatic carbocycles. The van der Waals surface area contributed by atoms with Crippen LogP contribution in [0.4, 0.5) is 5.82 Å². The smallest absolute Gasteiger partial charge is 0.257 e. The molecule has 2 heterocycles. The van der Waals surface area contributed by atoms with Crippen molar-refractivity contribution in [3.63, 3.8) is 0 Å². The molecular formula is C22H23N3O5S. The molecule has 1 fully saturated rings. The average molecular weight is 442 g/mol. The molecule has 1 N–H and O–H groups in total. The van der Waals surface area contributed by atoms with Crippen LogP contribution in [0, 0.1) is 0 Å². The van der Waals surface area contributed by atoms with Crippen LogP contribution in [0.1, 0.15) is 22.8 Å². The molecule has 1 aliphatic rings. The van der Waals surface area contributed by atoms with Crippen LogP contribution in [0.2, 0.25) is 0 Å². The third kappa shape index (κ3) is 4.56. The minimum Gasteiger partial charge on any atom is -0.497 e. The predicted molar refractivity (Wildman–Crippen MR) is 117 cm³/mol. The van der Waals surface area contributed by atoms with Crippen molar-refractivity contribution in [2.24, 2.45) is 0 Å². The lowest BCUT2D eigenvalue weighted by molar-refractivity contribution is 0.102. The topological polar surface area (TPSA) is 99.5 Å². The number of amides is 1. The highest BCUT2D eigenvalue weighted by Crippen LogP contribution is 2.31. The number of nitrogens with one attached hydrogen (secondary N) is 1. The van der Waals surface area contributed by atoms with Gasteiger partial charge in [0.15, 0.2) is 9.84 Å². The SMILES string of the molecule is COc1cc(OC)cc(C(=O)Nc2cc(-c3ccccc3)nn2[C@H]2CCS(=O)(=O)C2)c1. The van der Waals surface area contributed by atoms with Crippen molar-refractivity contribution in [1.29, 1.82) is 0 Å². The number of benzene rings is 2. The fourth-order valence-electron chi connectivity index (χ4n) is 3.61. The van der Waals surface area contributed by atoms with Crippen molar-refractivity contribution in [2.75, 3.05) is 31.0 Å². The fourth-order valence-corrected chi connectivity index (χ4v) is 5.30. The molecule has 31 heavy (non-hydrogen) atoms. The Morgan fingerprint density at radius 1 is 1.06 bits per heavy atom. The number of hydrogen-bond acceptors (Lipinski definition) is 6. The molecule has 162 valence electrons. The molecule has 1 amide bonds. The zero-order chi connectivity index (χ0) is 22.0. The molecule has 0 saturated carbocycles. The van der Waals surface area contributed by atoms with Crippen LogP contribution in [0.5, 0.6) is 11.5 Å². The fraction of sp³-hybridized carbons (Fsp3) is 0.273. The van der Waals surface area contributed by atoms with Gasteiger partial charge in [-0.2, -0.15) is 5.10 Å². The van der Waals surface area contributed by atoms with E-state index in [1.54, 1.807) is 28.9 Å². The highest BCUT2D eigenvalue weighted by atomic mass is 32.2. The average Bonchev–Trinajstić information content (AvgIpc) is 3.36. The lowest BCUT2D eigenvalue weighted by Gasteiger charge is -2.14. The Bertz CT molecular complexity index is 1180. The third-order valence-corrected chi connectivity index (χ3v) is 6.97. The van der Waals surface area contributed by atoms with Crippen molar-refractivity contribution < 1.29 is 22.7 Å². The number of methoxy groups -OCH3 is 2. The van der Waals surface area contributed by atoms with Crippen LogP contribution >= 0.6 is 0 Å². The van der Waals surface area contributed by atoms with E-state index in [-0.39, 0.29) is 23.5 Å². The van der Waals surface area contributed by atoms with Gasteiger partial charge in [-0.1, -0.05) is 30.3 Å². The standard InChI is InChI=1S/C22H23N3O5S/c1-29-18-10-16(11-19(12-18)30-2)22(26)23-21-13-20(15-6-4-3-5-7-15)24-25(21)17-8-9-31(27,28)14-17/h3-7,10-13,17H,8-9,14H2,1-2H3,(H,23,26)/t17-/m0/s1. The Kier molecular flexibility index (Phi) is 5.69. The summed E-state index contributed by atoms with van der Waals surface area (Å²) < 4.78 is 36.2. The summed E-state index contributed by atoms with van der Waals surface area (Å²) >= 11 is 0. The van der Waals surface area contributed by atoms with E-state index in [0.717, 1.165) is 5.56 Å². The van der Waals surface area contributed by atoms with Gasteiger partial charge in [0.05, 0.1) is 37.5 Å². The molecule has 8 nitrogen and oxygen atoms in total. The first-order valence-electron chi connectivity index (χ1n) is 9.78. The largest absolute Gasteiger partial charge is 0.497 e. The number of carbonyl (C=O) groups is 1. The molecule has 9 heteroatoms. The van der Waals surface area contributed by atoms with Crippen molar-refractivity contribution in [3.05, 3.63) is 60.2 Å². The number of rotatable bonds is 6. The first-order valence-corrected chi connectivity index (χ1v) is 11.6. The van der Waals surface area contributed by atoms with E-state index in [1.807, 2.05) is 30.3 Å². The number of ether oxygens (including phenoxy) is 2. The summed E-state index contributed by atoms with van der Waals surface area (Å²) in [4.78, 5) is 13.0. The van der Waals surface area contributed by atoms with Gasteiger partial charge in [0.25, 0.3) is 5.91 Å². The van der Waals surface area contributed by atoms with E-state index >= 15 is 0 Å². The zero-order valence-electron chi connectivity index (χ0n) is 17.2. The van der Waals surface area contributed by atoms with E-state index < -0.39 is 9.84 Å². The minimum absolute atomic E-state index is 0.00123. The molecule has 0 spiro atoms. The molecule has 1 atom stereocenters. The molecule has 1 saturated heterocycles. The monoisotopic (exact) mass is 441 g/mol. The molecule has 3 aromatic rings. The van der Waals surface area contributed by atoms with Gasteiger partial charge in [-0.25, -0.2) is 13.1 Å². The normalized spacial score (nSPS) is 17.3. The zero-order valence-corrected chi connectivity index (χ0v) is 18.1. The minimum atomic E-state index is -3.12. The highest BCUT2D eigenvalue weighted by Gasteiger charge is 2.32. The molecule has 0 aliphatic carbocycles. The quantitative estimate of drug-likeness (QED) is 0.631. The maximum atomic E-state index is 13.0. The number of sulfone groups is 1. The summed E-state index contributed by atoms with van der Waals surface area (Å²) in [5.41, 5.74) is 1.88. The van der Waals surface area contributed by atoms with Gasteiger partial charge in [0.1, 0.15) is 17.3 Å². The number of aromatic nitrogens is 2. The summed E-state index contributed by atoms with van der Waals surface area (Å²) in [5.74, 6) is 1.15. The number of hydrogen-bond donors (Lipinski definition) is 1. The van der Waals surface area contributed by atoms with Gasteiger partial charge in [0.2, 0.25) is 0 Å². The Labute approximate surface area is 180 Å². The van der Waals surface area contributed by atoms with E-state index in [0.29, 0.717) is 35.0 Å². The lowest BCUT2D eigenvalue weighted by Crippen LogP contribution is -2.19.